The van der Waals surface area contributed by atoms with Crippen LogP contribution in [0.5, 0.6) is 0 Å². The highest BCUT2D eigenvalue weighted by molar-refractivity contribution is 5.91. The maximum Gasteiger partial charge on any atom is 0.348 e. The Bertz CT molecular complexity index is 754. The molecule has 0 amide bonds. The van der Waals surface area contributed by atoms with Gasteiger partial charge in [-0.15, -0.1) is 5.10 Å². The van der Waals surface area contributed by atoms with Crippen molar-refractivity contribution in [1.29, 1.82) is 0 Å². The van der Waals surface area contributed by atoms with E-state index in [2.05, 4.69) is 15.1 Å². The monoisotopic (exact) mass is 214 g/mol. The van der Waals surface area contributed by atoms with E-state index in [4.69, 9.17) is 0 Å². The Morgan fingerprint density at radius 1 is 1.31 bits per heavy atom. The molecule has 0 saturated carbocycles. The molecular formula is C11H10N4O. The van der Waals surface area contributed by atoms with Gasteiger partial charge in [0.15, 0.2) is 5.65 Å². The Morgan fingerprint density at radius 3 is 2.94 bits per heavy atom. The maximum atomic E-state index is 11.7. The Hall–Kier alpha value is -2.17. The molecule has 0 unspecified atom stereocenters. The van der Waals surface area contributed by atoms with Crippen LogP contribution in [0.2, 0.25) is 0 Å². The second-order valence-corrected chi connectivity index (χ2v) is 3.87. The fourth-order valence-electron chi connectivity index (χ4n) is 1.86. The van der Waals surface area contributed by atoms with Crippen LogP contribution >= 0.6 is 0 Å². The molecule has 0 aliphatic carbocycles. The van der Waals surface area contributed by atoms with E-state index in [9.17, 15) is 4.79 Å². The highest BCUT2D eigenvalue weighted by Crippen LogP contribution is 2.15. The number of H-pyrrole nitrogens is 1. The van der Waals surface area contributed by atoms with Gasteiger partial charge in [-0.05, 0) is 31.5 Å². The molecule has 0 saturated heterocycles. The third-order valence-corrected chi connectivity index (χ3v) is 2.56. The van der Waals surface area contributed by atoms with Crippen molar-refractivity contribution in [2.45, 2.75) is 13.8 Å². The molecule has 0 bridgehead atoms. The predicted octanol–water partition coefficient (Wildman–Crippen LogP) is 1.19. The van der Waals surface area contributed by atoms with Crippen LogP contribution < -0.4 is 5.69 Å². The zero-order valence-electron chi connectivity index (χ0n) is 8.98. The first-order valence-electron chi connectivity index (χ1n) is 5.01. The molecule has 2 aromatic heterocycles. The van der Waals surface area contributed by atoms with E-state index in [1.54, 1.807) is 6.92 Å². The van der Waals surface area contributed by atoms with Crippen molar-refractivity contribution in [2.75, 3.05) is 0 Å². The molecule has 2 heterocycles. The minimum atomic E-state index is -0.256. The molecule has 1 aromatic carbocycles. The fourth-order valence-corrected chi connectivity index (χ4v) is 1.86. The number of hydrogen-bond acceptors (Lipinski definition) is 3. The first-order valence-corrected chi connectivity index (χ1v) is 5.01. The molecular weight excluding hydrogens is 204 g/mol. The Balaban J connectivity index is 2.63. The van der Waals surface area contributed by atoms with Gasteiger partial charge in [-0.1, -0.05) is 6.07 Å². The van der Waals surface area contributed by atoms with Crippen LogP contribution in [-0.2, 0) is 0 Å². The third kappa shape index (κ3) is 1.14. The lowest BCUT2D eigenvalue weighted by Gasteiger charge is -2.00. The molecule has 0 aliphatic rings. The first-order chi connectivity index (χ1) is 7.65. The molecule has 0 aliphatic heterocycles. The van der Waals surface area contributed by atoms with Gasteiger partial charge in [0.05, 0.1) is 5.52 Å². The molecule has 3 aromatic rings. The van der Waals surface area contributed by atoms with Gasteiger partial charge >= 0.3 is 5.69 Å². The van der Waals surface area contributed by atoms with Crippen LogP contribution in [0.3, 0.4) is 0 Å². The number of aryl methyl sites for hydroxylation is 2. The summed E-state index contributed by atoms with van der Waals surface area (Å²) in [6.07, 6.45) is 0. The van der Waals surface area contributed by atoms with Gasteiger partial charge in [-0.3, -0.25) is 0 Å². The zero-order chi connectivity index (χ0) is 11.3. The number of benzene rings is 1. The molecule has 3 rings (SSSR count). The first kappa shape index (κ1) is 9.08. The van der Waals surface area contributed by atoms with Gasteiger partial charge in [0, 0.05) is 5.39 Å². The maximum absolute atomic E-state index is 11.7. The Labute approximate surface area is 90.8 Å². The highest BCUT2D eigenvalue weighted by atomic mass is 16.1. The van der Waals surface area contributed by atoms with E-state index in [1.807, 2.05) is 25.1 Å². The lowest BCUT2D eigenvalue weighted by atomic mass is 10.2. The molecule has 5 nitrogen and oxygen atoms in total. The number of hydrogen-bond donors (Lipinski definition) is 1. The summed E-state index contributed by atoms with van der Waals surface area (Å²) in [6, 6.07) is 5.87. The molecule has 0 spiro atoms. The number of aromatic nitrogens is 4. The molecule has 16 heavy (non-hydrogen) atoms. The van der Waals surface area contributed by atoms with Gasteiger partial charge in [-0.25, -0.2) is 9.78 Å². The minimum Gasteiger partial charge on any atom is -0.305 e. The van der Waals surface area contributed by atoms with Crippen LogP contribution in [0.25, 0.3) is 16.6 Å². The highest BCUT2D eigenvalue weighted by Gasteiger charge is 2.08. The van der Waals surface area contributed by atoms with E-state index >= 15 is 0 Å². The SMILES string of the molecule is Cc1ccc2c(c1)[nH]c(=O)n1nc(C)nc21. The second-order valence-electron chi connectivity index (χ2n) is 3.87. The summed E-state index contributed by atoms with van der Waals surface area (Å²) in [5.74, 6) is 0.596. The Morgan fingerprint density at radius 2 is 2.12 bits per heavy atom. The average Bonchev–Trinajstić information content (AvgIpc) is 2.60. The van der Waals surface area contributed by atoms with Gasteiger partial charge in [-0.2, -0.15) is 4.52 Å². The van der Waals surface area contributed by atoms with Gasteiger partial charge in [0.25, 0.3) is 0 Å². The van der Waals surface area contributed by atoms with E-state index in [0.29, 0.717) is 11.5 Å². The summed E-state index contributed by atoms with van der Waals surface area (Å²) < 4.78 is 1.30. The van der Waals surface area contributed by atoms with Crippen molar-refractivity contribution >= 4 is 16.6 Å². The minimum absolute atomic E-state index is 0.256. The van der Waals surface area contributed by atoms with Crippen LogP contribution in [0.4, 0.5) is 0 Å². The van der Waals surface area contributed by atoms with E-state index in [0.717, 1.165) is 16.5 Å². The van der Waals surface area contributed by atoms with Gasteiger partial charge in [0.2, 0.25) is 0 Å². The van der Waals surface area contributed by atoms with Crippen molar-refractivity contribution in [3.05, 3.63) is 40.1 Å². The van der Waals surface area contributed by atoms with Crippen molar-refractivity contribution in [1.82, 2.24) is 19.6 Å². The molecule has 1 N–H and O–H groups in total. The number of rotatable bonds is 0. The van der Waals surface area contributed by atoms with Gasteiger partial charge < -0.3 is 4.98 Å². The standard InChI is InChI=1S/C11H10N4O/c1-6-3-4-8-9(5-6)13-11(16)15-10(8)12-7(2)14-15/h3-5H,1-2H3,(H,13,16). The summed E-state index contributed by atoms with van der Waals surface area (Å²) in [7, 11) is 0. The van der Waals surface area contributed by atoms with Crippen molar-refractivity contribution in [3.63, 3.8) is 0 Å². The van der Waals surface area contributed by atoms with Crippen LogP contribution in [0.15, 0.2) is 23.0 Å². The number of nitrogens with zero attached hydrogens (tertiary/aromatic N) is 3. The molecule has 0 atom stereocenters. The summed E-state index contributed by atoms with van der Waals surface area (Å²) in [6.45, 7) is 3.75. The largest absolute Gasteiger partial charge is 0.348 e. The number of aromatic amines is 1. The molecule has 0 fully saturated rings. The van der Waals surface area contributed by atoms with Crippen LogP contribution in [0.1, 0.15) is 11.4 Å². The molecule has 0 radical (unpaired) electrons. The zero-order valence-corrected chi connectivity index (χ0v) is 8.98. The van der Waals surface area contributed by atoms with E-state index in [-0.39, 0.29) is 5.69 Å². The van der Waals surface area contributed by atoms with Crippen molar-refractivity contribution in [3.8, 4) is 0 Å². The van der Waals surface area contributed by atoms with Crippen molar-refractivity contribution < 1.29 is 0 Å². The summed E-state index contributed by atoms with van der Waals surface area (Å²) in [4.78, 5) is 18.8. The average molecular weight is 214 g/mol. The summed E-state index contributed by atoms with van der Waals surface area (Å²) in [5.41, 5.74) is 2.25. The second kappa shape index (κ2) is 2.91. The molecule has 80 valence electrons. The lowest BCUT2D eigenvalue weighted by molar-refractivity contribution is 0.863. The van der Waals surface area contributed by atoms with Gasteiger partial charge in [0.1, 0.15) is 5.82 Å². The van der Waals surface area contributed by atoms with E-state index < -0.39 is 0 Å². The smallest absolute Gasteiger partial charge is 0.305 e. The summed E-state index contributed by atoms with van der Waals surface area (Å²) >= 11 is 0. The lowest BCUT2D eigenvalue weighted by Crippen LogP contribution is -2.17. The Kier molecular flexibility index (Phi) is 1.65. The van der Waals surface area contributed by atoms with Crippen LogP contribution in [-0.4, -0.2) is 19.6 Å². The number of nitrogens with one attached hydrogen (secondary N) is 1. The predicted molar refractivity (Wildman–Crippen MR) is 60.6 cm³/mol. The van der Waals surface area contributed by atoms with E-state index in [1.165, 1.54) is 4.52 Å². The normalized spacial score (nSPS) is 11.4. The summed E-state index contributed by atoms with van der Waals surface area (Å²) in [5, 5.41) is 4.96. The third-order valence-electron chi connectivity index (χ3n) is 2.56. The quantitative estimate of drug-likeness (QED) is 0.611. The molecule has 5 heteroatoms. The fraction of sp³-hybridized carbons (Fsp3) is 0.182. The van der Waals surface area contributed by atoms with Crippen LogP contribution in [0, 0.1) is 13.8 Å². The van der Waals surface area contributed by atoms with Crippen molar-refractivity contribution in [2.24, 2.45) is 0 Å². The topological polar surface area (TPSA) is 63.0 Å². The number of fused-ring (bicyclic) bond motifs is 3.